The van der Waals surface area contributed by atoms with Gasteiger partial charge in [-0.05, 0) is 32.1 Å². The van der Waals surface area contributed by atoms with Crippen LogP contribution in [0.25, 0.3) is 0 Å². The molecule has 0 atom stereocenters. The zero-order valence-electron chi connectivity index (χ0n) is 14.0. The fraction of sp³-hybridized carbons (Fsp3) is 0.533. The van der Waals surface area contributed by atoms with Gasteiger partial charge in [-0.1, -0.05) is 0 Å². The second-order valence-corrected chi connectivity index (χ2v) is 5.16. The van der Waals surface area contributed by atoms with E-state index in [-0.39, 0.29) is 12.5 Å². The van der Waals surface area contributed by atoms with Crippen LogP contribution in [-0.4, -0.2) is 57.9 Å². The zero-order valence-corrected chi connectivity index (χ0v) is 14.0. The van der Waals surface area contributed by atoms with Gasteiger partial charge in [-0.2, -0.15) is 13.2 Å². The van der Waals surface area contributed by atoms with E-state index in [1.54, 1.807) is 25.3 Å². The Morgan fingerprint density at radius 1 is 1.29 bits per heavy atom. The van der Waals surface area contributed by atoms with Gasteiger partial charge in [0.15, 0.2) is 5.96 Å². The van der Waals surface area contributed by atoms with Gasteiger partial charge in [0.2, 0.25) is 0 Å². The average Bonchev–Trinajstić information content (AvgIpc) is 2.49. The maximum Gasteiger partial charge on any atom is 0.401 e. The summed E-state index contributed by atoms with van der Waals surface area (Å²) in [6.07, 6.45) is -3.73. The fourth-order valence-corrected chi connectivity index (χ4v) is 2.01. The van der Waals surface area contributed by atoms with Crippen molar-refractivity contribution < 1.29 is 22.6 Å². The van der Waals surface area contributed by atoms with Crippen LogP contribution in [0.1, 0.15) is 6.42 Å². The number of halogens is 3. The molecule has 0 bridgehead atoms. The van der Waals surface area contributed by atoms with Crippen molar-refractivity contribution in [2.45, 2.75) is 12.6 Å². The van der Waals surface area contributed by atoms with Crippen LogP contribution in [-0.2, 0) is 0 Å². The van der Waals surface area contributed by atoms with Crippen molar-refractivity contribution in [3.8, 4) is 11.5 Å². The van der Waals surface area contributed by atoms with Crippen molar-refractivity contribution in [1.82, 2.24) is 4.90 Å². The van der Waals surface area contributed by atoms with Crippen LogP contribution in [0.15, 0.2) is 23.2 Å². The van der Waals surface area contributed by atoms with Gasteiger partial charge >= 0.3 is 6.18 Å². The van der Waals surface area contributed by atoms with Crippen molar-refractivity contribution in [2.24, 2.45) is 10.7 Å². The molecule has 6 nitrogen and oxygen atoms in total. The van der Waals surface area contributed by atoms with Gasteiger partial charge in [-0.15, -0.1) is 0 Å². The minimum absolute atomic E-state index is 0.153. The van der Waals surface area contributed by atoms with E-state index in [9.17, 15) is 13.2 Å². The third-order valence-corrected chi connectivity index (χ3v) is 3.10. The van der Waals surface area contributed by atoms with Crippen molar-refractivity contribution in [3.05, 3.63) is 18.2 Å². The third kappa shape index (κ3) is 7.40. The topological polar surface area (TPSA) is 72.1 Å². The Morgan fingerprint density at radius 3 is 2.58 bits per heavy atom. The highest BCUT2D eigenvalue weighted by atomic mass is 19.4. The number of hydrogen-bond donors (Lipinski definition) is 2. The number of nitrogens with two attached hydrogens (primary N) is 1. The first-order valence-electron chi connectivity index (χ1n) is 7.29. The van der Waals surface area contributed by atoms with Gasteiger partial charge in [0, 0.05) is 12.6 Å². The molecule has 9 heteroatoms. The van der Waals surface area contributed by atoms with Gasteiger partial charge in [-0.25, -0.2) is 0 Å². The van der Waals surface area contributed by atoms with Crippen LogP contribution in [0, 0.1) is 0 Å². The van der Waals surface area contributed by atoms with Gasteiger partial charge in [0.05, 0.1) is 26.5 Å². The van der Waals surface area contributed by atoms with Crippen LogP contribution >= 0.6 is 0 Å². The number of anilines is 1. The van der Waals surface area contributed by atoms with Gasteiger partial charge < -0.3 is 20.5 Å². The summed E-state index contributed by atoms with van der Waals surface area (Å²) in [7, 11) is 4.48. The van der Waals surface area contributed by atoms with E-state index in [0.29, 0.717) is 30.2 Å². The molecule has 0 aliphatic heterocycles. The highest BCUT2D eigenvalue weighted by Gasteiger charge is 2.28. The Hall–Kier alpha value is -2.16. The van der Waals surface area contributed by atoms with Crippen LogP contribution in [0.2, 0.25) is 0 Å². The summed E-state index contributed by atoms with van der Waals surface area (Å²) in [5.41, 5.74) is 6.38. The van der Waals surface area contributed by atoms with E-state index in [0.717, 1.165) is 0 Å². The first-order valence-corrected chi connectivity index (χ1v) is 7.29. The molecule has 0 unspecified atom stereocenters. The molecule has 0 aromatic heterocycles. The number of nitrogens with one attached hydrogen (secondary N) is 1. The highest BCUT2D eigenvalue weighted by molar-refractivity contribution is 5.93. The quantitative estimate of drug-likeness (QED) is 0.429. The molecule has 0 saturated carbocycles. The number of methoxy groups -OCH3 is 2. The molecule has 0 heterocycles. The molecule has 1 rings (SSSR count). The van der Waals surface area contributed by atoms with Crippen LogP contribution in [0.4, 0.5) is 18.9 Å². The number of aliphatic imine (C=N–C) groups is 1. The van der Waals surface area contributed by atoms with E-state index in [1.807, 2.05) is 0 Å². The van der Waals surface area contributed by atoms with Gasteiger partial charge in [-0.3, -0.25) is 9.89 Å². The lowest BCUT2D eigenvalue weighted by Gasteiger charge is -2.17. The average molecular weight is 348 g/mol. The monoisotopic (exact) mass is 348 g/mol. The van der Waals surface area contributed by atoms with Gasteiger partial charge in [0.1, 0.15) is 11.5 Å². The van der Waals surface area contributed by atoms with Crippen molar-refractivity contribution >= 4 is 11.6 Å². The lowest BCUT2D eigenvalue weighted by atomic mass is 10.2. The predicted molar refractivity (Wildman–Crippen MR) is 87.8 cm³/mol. The number of benzene rings is 1. The molecule has 0 amide bonds. The number of hydrogen-bond acceptors (Lipinski definition) is 4. The molecule has 136 valence electrons. The second kappa shape index (κ2) is 9.21. The number of rotatable bonds is 8. The standard InChI is InChI=1S/C15H23F3N4O2/c1-22(10-15(16,17)18)8-4-7-20-14(19)21-12-9-11(23-2)5-6-13(12)24-3/h5-6,9H,4,7-8,10H2,1-3H3,(H3,19,20,21). The molecule has 0 fully saturated rings. The summed E-state index contributed by atoms with van der Waals surface area (Å²) in [5.74, 6) is 1.35. The lowest BCUT2D eigenvalue weighted by Crippen LogP contribution is -2.32. The molecular formula is C15H23F3N4O2. The summed E-state index contributed by atoms with van der Waals surface area (Å²) >= 11 is 0. The zero-order chi connectivity index (χ0) is 18.2. The van der Waals surface area contributed by atoms with Crippen LogP contribution < -0.4 is 20.5 Å². The maximum absolute atomic E-state index is 12.2. The molecule has 24 heavy (non-hydrogen) atoms. The van der Waals surface area contributed by atoms with E-state index in [4.69, 9.17) is 15.2 Å². The second-order valence-electron chi connectivity index (χ2n) is 5.16. The number of alkyl halides is 3. The number of nitrogens with zero attached hydrogens (tertiary/aromatic N) is 2. The van der Waals surface area contributed by atoms with E-state index in [2.05, 4.69) is 10.3 Å². The van der Waals surface area contributed by atoms with E-state index < -0.39 is 12.7 Å². The SMILES string of the molecule is COc1ccc(OC)c(NC(N)=NCCCN(C)CC(F)(F)F)c1. The Bertz CT molecular complexity index is 550. The van der Waals surface area contributed by atoms with Crippen molar-refractivity contribution in [2.75, 3.05) is 46.2 Å². The minimum Gasteiger partial charge on any atom is -0.497 e. The third-order valence-electron chi connectivity index (χ3n) is 3.10. The summed E-state index contributed by atoms with van der Waals surface area (Å²) < 4.78 is 46.9. The highest BCUT2D eigenvalue weighted by Crippen LogP contribution is 2.28. The molecule has 0 aliphatic carbocycles. The first kappa shape index (κ1) is 19.9. The van der Waals surface area contributed by atoms with E-state index >= 15 is 0 Å². The first-order chi connectivity index (χ1) is 11.2. The Balaban J connectivity index is 2.50. The Labute approximate surface area is 139 Å². The minimum atomic E-state index is -4.19. The molecule has 0 radical (unpaired) electrons. The molecule has 0 saturated heterocycles. The Morgan fingerprint density at radius 2 is 2.00 bits per heavy atom. The van der Waals surface area contributed by atoms with Crippen LogP contribution in [0.5, 0.6) is 11.5 Å². The summed E-state index contributed by atoms with van der Waals surface area (Å²) in [6.45, 7) is -0.350. The number of guanidine groups is 1. The molecule has 3 N–H and O–H groups in total. The van der Waals surface area contributed by atoms with Gasteiger partial charge in [0.25, 0.3) is 0 Å². The van der Waals surface area contributed by atoms with Crippen molar-refractivity contribution in [1.29, 1.82) is 0 Å². The largest absolute Gasteiger partial charge is 0.497 e. The van der Waals surface area contributed by atoms with Crippen molar-refractivity contribution in [3.63, 3.8) is 0 Å². The van der Waals surface area contributed by atoms with E-state index in [1.165, 1.54) is 19.1 Å². The maximum atomic E-state index is 12.2. The smallest absolute Gasteiger partial charge is 0.401 e. The molecule has 0 aliphatic rings. The molecule has 1 aromatic rings. The lowest BCUT2D eigenvalue weighted by molar-refractivity contribution is -0.143. The van der Waals surface area contributed by atoms with Crippen LogP contribution in [0.3, 0.4) is 0 Å². The molecule has 1 aromatic carbocycles. The summed E-state index contributed by atoms with van der Waals surface area (Å²) in [5, 5.41) is 2.89. The molecule has 0 spiro atoms. The normalized spacial score (nSPS) is 12.4. The summed E-state index contributed by atoms with van der Waals surface area (Å²) in [6, 6.07) is 5.17. The number of ether oxygens (including phenoxy) is 2. The molecular weight excluding hydrogens is 325 g/mol. The Kier molecular flexibility index (Phi) is 7.63. The fourth-order valence-electron chi connectivity index (χ4n) is 2.01. The predicted octanol–water partition coefficient (Wildman–Crippen LogP) is 2.31. The summed E-state index contributed by atoms with van der Waals surface area (Å²) in [4.78, 5) is 5.30.